The van der Waals surface area contributed by atoms with Crippen molar-refractivity contribution in [2.45, 2.75) is 35.8 Å². The van der Waals surface area contributed by atoms with E-state index in [-0.39, 0.29) is 5.56 Å². The first-order valence-corrected chi connectivity index (χ1v) is 11.1. The van der Waals surface area contributed by atoms with E-state index in [1.807, 2.05) is 0 Å². The summed E-state index contributed by atoms with van der Waals surface area (Å²) in [5.74, 6) is 0.612. The number of nitrogens with one attached hydrogen (secondary N) is 1. The van der Waals surface area contributed by atoms with E-state index in [0.29, 0.717) is 18.9 Å². The smallest absolute Gasteiger partial charge is 0.259 e. The summed E-state index contributed by atoms with van der Waals surface area (Å²) in [5, 5.41) is 12.2. The Morgan fingerprint density at radius 3 is 3.08 bits per heavy atom. The number of rotatable bonds is 7. The second kappa shape index (κ2) is 8.03. The Morgan fingerprint density at radius 1 is 1.31 bits per heavy atom. The SMILES string of the molecule is COCCNc1nnc(SCc2cc(=O)n3c4c(sc3n2)CCCC4)s1. The fraction of sp³-hybridized carbons (Fsp3) is 0.500. The summed E-state index contributed by atoms with van der Waals surface area (Å²) >= 11 is 4.71. The minimum Gasteiger partial charge on any atom is -0.383 e. The van der Waals surface area contributed by atoms with Crippen LogP contribution in [0, 0.1) is 0 Å². The predicted molar refractivity (Wildman–Crippen MR) is 106 cm³/mol. The van der Waals surface area contributed by atoms with Crippen LogP contribution in [0.2, 0.25) is 0 Å². The zero-order chi connectivity index (χ0) is 17.9. The summed E-state index contributed by atoms with van der Waals surface area (Å²) < 4.78 is 7.66. The molecular formula is C16H19N5O2S3. The van der Waals surface area contributed by atoms with Gasteiger partial charge in [0.2, 0.25) is 5.13 Å². The van der Waals surface area contributed by atoms with Crippen LogP contribution in [-0.4, -0.2) is 39.8 Å². The average molecular weight is 410 g/mol. The molecule has 3 aromatic heterocycles. The van der Waals surface area contributed by atoms with Gasteiger partial charge in [0.25, 0.3) is 5.56 Å². The molecule has 26 heavy (non-hydrogen) atoms. The predicted octanol–water partition coefficient (Wildman–Crippen LogP) is 2.84. The highest BCUT2D eigenvalue weighted by atomic mass is 32.2. The van der Waals surface area contributed by atoms with Gasteiger partial charge >= 0.3 is 0 Å². The number of methoxy groups -OCH3 is 1. The Kier molecular flexibility index (Phi) is 5.53. The maximum atomic E-state index is 12.6. The Balaban J connectivity index is 1.47. The molecule has 3 aromatic rings. The molecule has 1 aliphatic carbocycles. The highest BCUT2D eigenvalue weighted by molar-refractivity contribution is 8.00. The van der Waals surface area contributed by atoms with E-state index in [0.717, 1.165) is 39.4 Å². The van der Waals surface area contributed by atoms with Crippen LogP contribution >= 0.6 is 34.4 Å². The fourth-order valence-corrected chi connectivity index (χ4v) is 5.85. The lowest BCUT2D eigenvalue weighted by Gasteiger charge is -2.09. The van der Waals surface area contributed by atoms with E-state index in [4.69, 9.17) is 9.72 Å². The molecule has 1 aliphatic rings. The van der Waals surface area contributed by atoms with Crippen molar-refractivity contribution < 1.29 is 4.74 Å². The van der Waals surface area contributed by atoms with Gasteiger partial charge in [0, 0.05) is 36.0 Å². The van der Waals surface area contributed by atoms with Crippen LogP contribution in [0.1, 0.15) is 29.1 Å². The summed E-state index contributed by atoms with van der Waals surface area (Å²) in [6, 6.07) is 1.65. The van der Waals surface area contributed by atoms with Gasteiger partial charge in [-0.1, -0.05) is 23.1 Å². The van der Waals surface area contributed by atoms with Gasteiger partial charge in [0.1, 0.15) is 0 Å². The standard InChI is InChI=1S/C16H19N5O2S3/c1-23-7-6-17-14-19-20-16(26-14)24-9-10-8-13(22)21-11-4-2-3-5-12(11)25-15(21)18-10/h8H,2-7,9H2,1H3,(H,17,19). The molecule has 1 N–H and O–H groups in total. The van der Waals surface area contributed by atoms with Gasteiger partial charge in [-0.3, -0.25) is 9.20 Å². The number of hydrogen-bond donors (Lipinski definition) is 1. The van der Waals surface area contributed by atoms with Crippen LogP contribution in [0.25, 0.3) is 4.96 Å². The number of aromatic nitrogens is 4. The van der Waals surface area contributed by atoms with Gasteiger partial charge < -0.3 is 10.1 Å². The third-order valence-electron chi connectivity index (χ3n) is 4.15. The van der Waals surface area contributed by atoms with Crippen LogP contribution in [0.3, 0.4) is 0 Å². The molecular weight excluding hydrogens is 390 g/mol. The molecule has 3 heterocycles. The summed E-state index contributed by atoms with van der Waals surface area (Å²) in [7, 11) is 1.67. The molecule has 0 aromatic carbocycles. The first-order valence-electron chi connectivity index (χ1n) is 8.47. The third-order valence-corrected chi connectivity index (χ3v) is 7.34. The first kappa shape index (κ1) is 17.9. The van der Waals surface area contributed by atoms with Gasteiger partial charge in [-0.15, -0.1) is 21.5 Å². The molecule has 0 spiro atoms. The molecule has 0 radical (unpaired) electrons. The van der Waals surface area contributed by atoms with E-state index in [2.05, 4.69) is 15.5 Å². The maximum Gasteiger partial charge on any atom is 0.259 e. The minimum atomic E-state index is 0.0317. The fourth-order valence-electron chi connectivity index (χ4n) is 2.95. The van der Waals surface area contributed by atoms with E-state index >= 15 is 0 Å². The number of thiazole rings is 1. The molecule has 138 valence electrons. The Bertz CT molecular complexity index is 965. The largest absolute Gasteiger partial charge is 0.383 e. The van der Waals surface area contributed by atoms with Crippen molar-refractivity contribution in [2.24, 2.45) is 0 Å². The van der Waals surface area contributed by atoms with E-state index in [1.165, 1.54) is 28.3 Å². The molecule has 0 atom stereocenters. The van der Waals surface area contributed by atoms with Crippen molar-refractivity contribution in [3.05, 3.63) is 32.7 Å². The number of aryl methyl sites for hydroxylation is 2. The monoisotopic (exact) mass is 409 g/mol. The van der Waals surface area contributed by atoms with Gasteiger partial charge in [0.05, 0.1) is 12.3 Å². The molecule has 4 rings (SSSR count). The number of ether oxygens (including phenoxy) is 1. The van der Waals surface area contributed by atoms with Crippen LogP contribution in [0.15, 0.2) is 15.2 Å². The molecule has 0 unspecified atom stereocenters. The van der Waals surface area contributed by atoms with Crippen LogP contribution in [0.5, 0.6) is 0 Å². The van der Waals surface area contributed by atoms with E-state index in [9.17, 15) is 4.79 Å². The normalized spacial score (nSPS) is 13.9. The number of nitrogens with zero attached hydrogens (tertiary/aromatic N) is 4. The summed E-state index contributed by atoms with van der Waals surface area (Å²) in [6.45, 7) is 1.33. The van der Waals surface area contributed by atoms with Gasteiger partial charge in [0.15, 0.2) is 9.30 Å². The zero-order valence-corrected chi connectivity index (χ0v) is 16.8. The Morgan fingerprint density at radius 2 is 2.19 bits per heavy atom. The summed E-state index contributed by atoms with van der Waals surface area (Å²) in [6.07, 6.45) is 4.40. The molecule has 0 aliphatic heterocycles. The Hall–Kier alpha value is -1.49. The lowest BCUT2D eigenvalue weighted by atomic mass is 10.0. The molecule has 10 heteroatoms. The van der Waals surface area contributed by atoms with Crippen LogP contribution < -0.4 is 10.9 Å². The second-order valence-corrected chi connectivity index (χ2v) is 9.23. The van der Waals surface area contributed by atoms with Gasteiger partial charge in [-0.05, 0) is 25.7 Å². The quantitative estimate of drug-likeness (QED) is 0.475. The highest BCUT2D eigenvalue weighted by Gasteiger charge is 2.18. The maximum absolute atomic E-state index is 12.6. The summed E-state index contributed by atoms with van der Waals surface area (Å²) in [5.41, 5.74) is 2.00. The summed E-state index contributed by atoms with van der Waals surface area (Å²) in [4.78, 5) is 19.4. The van der Waals surface area contributed by atoms with Crippen LogP contribution in [-0.2, 0) is 23.3 Å². The van der Waals surface area contributed by atoms with Crippen molar-refractivity contribution in [2.75, 3.05) is 25.6 Å². The molecule has 0 amide bonds. The minimum absolute atomic E-state index is 0.0317. The Labute approximate surface area is 162 Å². The molecule has 0 saturated carbocycles. The number of thioether (sulfide) groups is 1. The van der Waals surface area contributed by atoms with E-state index < -0.39 is 0 Å². The zero-order valence-electron chi connectivity index (χ0n) is 14.4. The van der Waals surface area contributed by atoms with Crippen LogP contribution in [0.4, 0.5) is 5.13 Å². The van der Waals surface area contributed by atoms with Crippen molar-refractivity contribution in [1.29, 1.82) is 0 Å². The van der Waals surface area contributed by atoms with Gasteiger partial charge in [-0.2, -0.15) is 0 Å². The van der Waals surface area contributed by atoms with Crippen molar-refractivity contribution >= 4 is 44.5 Å². The van der Waals surface area contributed by atoms with Crippen molar-refractivity contribution in [1.82, 2.24) is 19.6 Å². The van der Waals surface area contributed by atoms with Gasteiger partial charge in [-0.25, -0.2) is 4.98 Å². The first-order chi connectivity index (χ1) is 12.7. The lowest BCUT2D eigenvalue weighted by molar-refractivity contribution is 0.211. The van der Waals surface area contributed by atoms with E-state index in [1.54, 1.807) is 40.7 Å². The third kappa shape index (κ3) is 3.78. The number of hydrogen-bond acceptors (Lipinski definition) is 9. The molecule has 0 bridgehead atoms. The highest BCUT2D eigenvalue weighted by Crippen LogP contribution is 2.30. The van der Waals surface area contributed by atoms with Crippen molar-refractivity contribution in [3.8, 4) is 0 Å². The number of anilines is 1. The topological polar surface area (TPSA) is 81.4 Å². The molecule has 0 fully saturated rings. The second-order valence-electron chi connectivity index (χ2n) is 5.96. The molecule has 0 saturated heterocycles. The lowest BCUT2D eigenvalue weighted by Crippen LogP contribution is -2.17. The number of fused-ring (bicyclic) bond motifs is 3. The molecule has 7 nitrogen and oxygen atoms in total. The van der Waals surface area contributed by atoms with Crippen molar-refractivity contribution in [3.63, 3.8) is 0 Å². The average Bonchev–Trinajstić information content (AvgIpc) is 3.24.